The van der Waals surface area contributed by atoms with Gasteiger partial charge in [-0.05, 0) is 36.4 Å². The second-order valence-corrected chi connectivity index (χ2v) is 8.16. The van der Waals surface area contributed by atoms with E-state index in [4.69, 9.17) is 4.74 Å². The SMILES string of the molecule is COC(=O)c1ccc(NC(=O)[C@@H]2CCN(S(C)(=O)=O)c3ccccc3O2)cc1. The van der Waals surface area contributed by atoms with Crippen molar-refractivity contribution in [3.8, 4) is 5.75 Å². The normalized spacial score (nSPS) is 16.4. The molecular formula is C19H20N2O6S. The Hall–Kier alpha value is -3.07. The Labute approximate surface area is 163 Å². The molecule has 0 spiro atoms. The van der Waals surface area contributed by atoms with Crippen molar-refractivity contribution >= 4 is 33.3 Å². The quantitative estimate of drug-likeness (QED) is 0.783. The molecule has 0 saturated heterocycles. The summed E-state index contributed by atoms with van der Waals surface area (Å²) in [6.45, 7) is 0.120. The molecule has 1 atom stereocenters. The number of rotatable bonds is 4. The van der Waals surface area contributed by atoms with Crippen molar-refractivity contribution in [2.24, 2.45) is 0 Å². The summed E-state index contributed by atoms with van der Waals surface area (Å²) in [5.74, 6) is -0.551. The highest BCUT2D eigenvalue weighted by molar-refractivity contribution is 7.92. The summed E-state index contributed by atoms with van der Waals surface area (Å²) in [6, 6.07) is 12.9. The number of ether oxygens (including phenoxy) is 2. The predicted molar refractivity (Wildman–Crippen MR) is 104 cm³/mol. The van der Waals surface area contributed by atoms with Crippen molar-refractivity contribution in [3.63, 3.8) is 0 Å². The van der Waals surface area contributed by atoms with Gasteiger partial charge in [0, 0.05) is 18.7 Å². The maximum Gasteiger partial charge on any atom is 0.337 e. The number of nitrogens with one attached hydrogen (secondary N) is 1. The second-order valence-electron chi connectivity index (χ2n) is 6.26. The van der Waals surface area contributed by atoms with Gasteiger partial charge in [0.25, 0.3) is 5.91 Å². The number of benzene rings is 2. The number of methoxy groups -OCH3 is 1. The lowest BCUT2D eigenvalue weighted by atomic mass is 10.2. The number of amides is 1. The van der Waals surface area contributed by atoms with Crippen molar-refractivity contribution in [1.82, 2.24) is 0 Å². The highest BCUT2D eigenvalue weighted by Gasteiger charge is 2.31. The zero-order chi connectivity index (χ0) is 20.3. The van der Waals surface area contributed by atoms with Crippen LogP contribution >= 0.6 is 0 Å². The van der Waals surface area contributed by atoms with E-state index >= 15 is 0 Å². The Balaban J connectivity index is 1.77. The van der Waals surface area contributed by atoms with Gasteiger partial charge in [0.05, 0.1) is 24.6 Å². The molecule has 2 aromatic carbocycles. The van der Waals surface area contributed by atoms with E-state index in [2.05, 4.69) is 10.1 Å². The van der Waals surface area contributed by atoms with Gasteiger partial charge in [0.2, 0.25) is 10.0 Å². The highest BCUT2D eigenvalue weighted by atomic mass is 32.2. The van der Waals surface area contributed by atoms with Crippen molar-refractivity contribution in [1.29, 1.82) is 0 Å². The van der Waals surface area contributed by atoms with E-state index in [1.54, 1.807) is 36.4 Å². The van der Waals surface area contributed by atoms with Gasteiger partial charge in [-0.3, -0.25) is 9.10 Å². The summed E-state index contributed by atoms with van der Waals surface area (Å²) in [4.78, 5) is 24.1. The van der Waals surface area contributed by atoms with Gasteiger partial charge in [-0.2, -0.15) is 0 Å². The fourth-order valence-corrected chi connectivity index (χ4v) is 3.83. The minimum absolute atomic E-state index is 0.120. The van der Waals surface area contributed by atoms with Crippen LogP contribution in [0.3, 0.4) is 0 Å². The minimum atomic E-state index is -3.51. The van der Waals surface area contributed by atoms with Gasteiger partial charge in [-0.15, -0.1) is 0 Å². The van der Waals surface area contributed by atoms with E-state index < -0.39 is 28.0 Å². The van der Waals surface area contributed by atoms with Crippen molar-refractivity contribution in [3.05, 3.63) is 54.1 Å². The molecule has 28 heavy (non-hydrogen) atoms. The van der Waals surface area contributed by atoms with Crippen LogP contribution in [-0.4, -0.2) is 46.3 Å². The van der Waals surface area contributed by atoms with Crippen molar-refractivity contribution in [2.45, 2.75) is 12.5 Å². The fraction of sp³-hybridized carbons (Fsp3) is 0.263. The zero-order valence-electron chi connectivity index (χ0n) is 15.4. The fourth-order valence-electron chi connectivity index (χ4n) is 2.89. The number of esters is 1. The van der Waals surface area contributed by atoms with Crippen LogP contribution < -0.4 is 14.4 Å². The highest BCUT2D eigenvalue weighted by Crippen LogP contribution is 2.34. The standard InChI is InChI=1S/C19H20N2O6S/c1-26-19(23)13-7-9-14(10-8-13)20-18(22)17-11-12-21(28(2,24)25)15-5-3-4-6-16(15)27-17/h3-10,17H,11-12H2,1-2H3,(H,20,22)/t17-/m0/s1. The lowest BCUT2D eigenvalue weighted by molar-refractivity contribution is -0.122. The molecule has 3 rings (SSSR count). The number of hydrogen-bond acceptors (Lipinski definition) is 6. The predicted octanol–water partition coefficient (Wildman–Crippen LogP) is 2.03. The van der Waals surface area contributed by atoms with Crippen molar-refractivity contribution < 1.29 is 27.5 Å². The first-order valence-electron chi connectivity index (χ1n) is 8.52. The maximum atomic E-state index is 12.7. The first-order valence-corrected chi connectivity index (χ1v) is 10.4. The Morgan fingerprint density at radius 3 is 2.46 bits per heavy atom. The monoisotopic (exact) mass is 404 g/mol. The third-order valence-electron chi connectivity index (χ3n) is 4.26. The second kappa shape index (κ2) is 7.89. The number of carbonyl (C=O) groups excluding carboxylic acids is 2. The minimum Gasteiger partial charge on any atom is -0.478 e. The van der Waals surface area contributed by atoms with Crippen molar-refractivity contribution in [2.75, 3.05) is 29.5 Å². The smallest absolute Gasteiger partial charge is 0.337 e. The first-order chi connectivity index (χ1) is 13.3. The number of sulfonamides is 1. The van der Waals surface area contributed by atoms with Crippen LogP contribution in [0.2, 0.25) is 0 Å². The molecule has 0 fully saturated rings. The third kappa shape index (κ3) is 4.25. The third-order valence-corrected chi connectivity index (χ3v) is 5.44. The van der Waals surface area contributed by atoms with E-state index in [9.17, 15) is 18.0 Å². The average molecular weight is 404 g/mol. The van der Waals surface area contributed by atoms with E-state index in [-0.39, 0.29) is 13.0 Å². The molecule has 0 aliphatic carbocycles. The molecule has 8 nitrogen and oxygen atoms in total. The van der Waals surface area contributed by atoms with Crippen LogP contribution in [0.25, 0.3) is 0 Å². The largest absolute Gasteiger partial charge is 0.478 e. The number of carbonyl (C=O) groups is 2. The van der Waals surface area contributed by atoms with Crippen LogP contribution in [-0.2, 0) is 19.6 Å². The molecule has 0 aromatic heterocycles. The van der Waals surface area contributed by atoms with Crippen LogP contribution in [0.4, 0.5) is 11.4 Å². The summed E-state index contributed by atoms with van der Waals surface area (Å²) >= 11 is 0. The number of nitrogens with zero attached hydrogens (tertiary/aromatic N) is 1. The Bertz CT molecular complexity index is 988. The Morgan fingerprint density at radius 1 is 1.14 bits per heavy atom. The van der Waals surface area contributed by atoms with Gasteiger partial charge in [-0.1, -0.05) is 12.1 Å². The number of fused-ring (bicyclic) bond motifs is 1. The Morgan fingerprint density at radius 2 is 1.82 bits per heavy atom. The maximum absolute atomic E-state index is 12.7. The molecule has 1 amide bonds. The Kier molecular flexibility index (Phi) is 5.55. The summed E-state index contributed by atoms with van der Waals surface area (Å²) < 4.78 is 35.9. The molecule has 1 N–H and O–H groups in total. The van der Waals surface area contributed by atoms with Gasteiger partial charge in [-0.25, -0.2) is 13.2 Å². The van der Waals surface area contributed by atoms with Gasteiger partial charge >= 0.3 is 5.97 Å². The molecule has 9 heteroatoms. The van der Waals surface area contributed by atoms with E-state index in [1.807, 2.05) is 0 Å². The molecule has 0 saturated carbocycles. The summed E-state index contributed by atoms with van der Waals surface area (Å²) in [5, 5.41) is 2.72. The molecule has 1 aliphatic rings. The lowest BCUT2D eigenvalue weighted by Gasteiger charge is -2.20. The van der Waals surface area contributed by atoms with Crippen LogP contribution in [0.15, 0.2) is 48.5 Å². The van der Waals surface area contributed by atoms with Crippen LogP contribution in [0.1, 0.15) is 16.8 Å². The summed E-state index contributed by atoms with van der Waals surface area (Å²) in [5.41, 5.74) is 1.26. The summed E-state index contributed by atoms with van der Waals surface area (Å²) in [6.07, 6.45) is 0.439. The zero-order valence-corrected chi connectivity index (χ0v) is 16.2. The first kappa shape index (κ1) is 19.7. The molecular weight excluding hydrogens is 384 g/mol. The van der Waals surface area contributed by atoms with Gasteiger partial charge in [0.15, 0.2) is 6.10 Å². The molecule has 1 aliphatic heterocycles. The van der Waals surface area contributed by atoms with Gasteiger partial charge in [0.1, 0.15) is 5.75 Å². The molecule has 1 heterocycles. The average Bonchev–Trinajstić information content (AvgIpc) is 2.87. The van der Waals surface area contributed by atoms with Crippen LogP contribution in [0.5, 0.6) is 5.75 Å². The molecule has 0 bridgehead atoms. The topological polar surface area (TPSA) is 102 Å². The number of anilines is 2. The lowest BCUT2D eigenvalue weighted by Crippen LogP contribution is -2.35. The van der Waals surface area contributed by atoms with Crippen LogP contribution in [0, 0.1) is 0 Å². The van der Waals surface area contributed by atoms with E-state index in [0.29, 0.717) is 22.7 Å². The molecule has 2 aromatic rings. The molecule has 148 valence electrons. The molecule has 0 radical (unpaired) electrons. The van der Waals surface area contributed by atoms with Gasteiger partial charge < -0.3 is 14.8 Å². The van der Waals surface area contributed by atoms with E-state index in [1.165, 1.54) is 23.5 Å². The molecule has 0 unspecified atom stereocenters. The number of hydrogen-bond donors (Lipinski definition) is 1. The number of para-hydroxylation sites is 2. The summed E-state index contributed by atoms with van der Waals surface area (Å²) in [7, 11) is -2.22. The van der Waals surface area contributed by atoms with E-state index in [0.717, 1.165) is 6.26 Å².